The van der Waals surface area contributed by atoms with Crippen molar-refractivity contribution in [2.45, 2.75) is 105 Å². The van der Waals surface area contributed by atoms with Gasteiger partial charge in [0.2, 0.25) is 0 Å². The predicted octanol–water partition coefficient (Wildman–Crippen LogP) is 8.40. The van der Waals surface area contributed by atoms with Gasteiger partial charge in [0, 0.05) is 6.42 Å². The van der Waals surface area contributed by atoms with E-state index >= 15 is 0 Å². The van der Waals surface area contributed by atoms with Gasteiger partial charge in [-0.15, -0.1) is 6.58 Å². The molecule has 0 N–H and O–H groups in total. The first-order valence-electron chi connectivity index (χ1n) is 13.6. The van der Waals surface area contributed by atoms with Crippen molar-refractivity contribution in [2.24, 2.45) is 52.3 Å². The molecule has 0 heterocycles. The zero-order valence-corrected chi connectivity index (χ0v) is 21.1. The topological polar surface area (TPSA) is 17.1 Å². The fraction of sp³-hybridized carbons (Fsp3) is 0.833. The van der Waals surface area contributed by atoms with Crippen LogP contribution in [0.1, 0.15) is 105 Å². The Labute approximate surface area is 192 Å². The van der Waals surface area contributed by atoms with Crippen LogP contribution in [-0.4, -0.2) is 5.78 Å². The number of hydrogen-bond acceptors (Lipinski definition) is 1. The van der Waals surface area contributed by atoms with E-state index in [0.29, 0.717) is 17.1 Å². The number of hydrogen-bond donors (Lipinski definition) is 0. The van der Waals surface area contributed by atoms with Gasteiger partial charge >= 0.3 is 0 Å². The lowest BCUT2D eigenvalue weighted by atomic mass is 9.44. The smallest absolute Gasteiger partial charge is 0.155 e. The van der Waals surface area contributed by atoms with Gasteiger partial charge in [-0.3, -0.25) is 4.79 Å². The molecule has 0 aromatic heterocycles. The van der Waals surface area contributed by atoms with Gasteiger partial charge in [0.25, 0.3) is 0 Å². The number of fused-ring (bicyclic) bond motifs is 5. The first-order valence-corrected chi connectivity index (χ1v) is 13.6. The van der Waals surface area contributed by atoms with Crippen LogP contribution < -0.4 is 0 Å². The molecule has 0 aromatic carbocycles. The summed E-state index contributed by atoms with van der Waals surface area (Å²) in [5.74, 6) is 6.18. The summed E-state index contributed by atoms with van der Waals surface area (Å²) in [6.07, 6.45) is 18.3. The van der Waals surface area contributed by atoms with E-state index in [0.717, 1.165) is 61.2 Å². The first kappa shape index (κ1) is 23.3. The van der Waals surface area contributed by atoms with Gasteiger partial charge in [-0.25, -0.2) is 0 Å². The second-order valence-corrected chi connectivity index (χ2v) is 12.9. The second-order valence-electron chi connectivity index (χ2n) is 12.9. The highest BCUT2D eigenvalue weighted by atomic mass is 16.1. The summed E-state index contributed by atoms with van der Waals surface area (Å²) in [5, 5.41) is 0. The number of carbonyl (C=O) groups excluding carboxylic acids is 1. The zero-order chi connectivity index (χ0) is 22.4. The van der Waals surface area contributed by atoms with Crippen molar-refractivity contribution in [3.05, 3.63) is 24.3 Å². The highest BCUT2D eigenvalue weighted by molar-refractivity contribution is 5.91. The summed E-state index contributed by atoms with van der Waals surface area (Å²) in [6, 6.07) is 0. The average Bonchev–Trinajstić information content (AvgIpc) is 3.06. The fourth-order valence-electron chi connectivity index (χ4n) is 9.18. The summed E-state index contributed by atoms with van der Waals surface area (Å²) in [4.78, 5) is 12.3. The molecule has 0 saturated heterocycles. The van der Waals surface area contributed by atoms with Crippen molar-refractivity contribution in [1.29, 1.82) is 0 Å². The SMILES string of the molecule is C=CCC1CC2=CC(=O)CC[C@]2(C)C2CC[C@]3(C)C(C(C)CCCC(C)C)CCC3C12. The van der Waals surface area contributed by atoms with Crippen LogP contribution in [0.2, 0.25) is 0 Å². The molecule has 0 radical (unpaired) electrons. The summed E-state index contributed by atoms with van der Waals surface area (Å²) in [6.45, 7) is 16.6. The predicted molar refractivity (Wildman–Crippen MR) is 132 cm³/mol. The largest absolute Gasteiger partial charge is 0.295 e. The molecule has 174 valence electrons. The Hall–Kier alpha value is -0.850. The lowest BCUT2D eigenvalue weighted by molar-refractivity contribution is -0.119. The number of carbonyl (C=O) groups is 1. The maximum absolute atomic E-state index is 12.3. The lowest BCUT2D eigenvalue weighted by Crippen LogP contribution is -2.54. The number of rotatable bonds is 7. The van der Waals surface area contributed by atoms with E-state index in [4.69, 9.17) is 0 Å². The van der Waals surface area contributed by atoms with E-state index in [-0.39, 0.29) is 5.41 Å². The molecule has 3 saturated carbocycles. The zero-order valence-electron chi connectivity index (χ0n) is 21.1. The highest BCUT2D eigenvalue weighted by Crippen LogP contribution is 2.69. The molecule has 0 bridgehead atoms. The molecular formula is C30H48O. The molecular weight excluding hydrogens is 376 g/mol. The van der Waals surface area contributed by atoms with Crippen LogP contribution in [0.15, 0.2) is 24.3 Å². The molecule has 4 rings (SSSR count). The standard InChI is InChI=1S/C30H48O/c1-7-9-22-18-23-19-24(31)14-16-29(23,5)27-15-17-30(6)25(12-13-26(30)28(22)27)21(4)11-8-10-20(2)3/h7,19-22,25-28H,1,8-18H2,2-6H3/t21?,22?,25?,26?,27?,28?,29-,30+/m0/s1. The van der Waals surface area contributed by atoms with Gasteiger partial charge in [-0.1, -0.05) is 65.5 Å². The molecule has 0 amide bonds. The molecule has 6 unspecified atom stereocenters. The minimum atomic E-state index is 0.276. The van der Waals surface area contributed by atoms with E-state index in [1.807, 2.05) is 0 Å². The maximum Gasteiger partial charge on any atom is 0.155 e. The molecule has 31 heavy (non-hydrogen) atoms. The minimum absolute atomic E-state index is 0.276. The minimum Gasteiger partial charge on any atom is -0.295 e. The molecule has 8 atom stereocenters. The molecule has 0 aromatic rings. The normalized spacial score (nSPS) is 43.1. The van der Waals surface area contributed by atoms with E-state index in [9.17, 15) is 4.79 Å². The third-order valence-corrected chi connectivity index (χ3v) is 10.8. The molecule has 0 aliphatic heterocycles. The van der Waals surface area contributed by atoms with Gasteiger partial charge in [0.15, 0.2) is 5.78 Å². The number of ketones is 1. The molecule has 4 aliphatic rings. The summed E-state index contributed by atoms with van der Waals surface area (Å²) < 4.78 is 0. The maximum atomic E-state index is 12.3. The van der Waals surface area contributed by atoms with E-state index in [1.165, 1.54) is 50.5 Å². The summed E-state index contributed by atoms with van der Waals surface area (Å²) in [7, 11) is 0. The van der Waals surface area contributed by atoms with E-state index in [1.54, 1.807) is 0 Å². The Kier molecular flexibility index (Phi) is 6.64. The highest BCUT2D eigenvalue weighted by Gasteiger charge is 2.61. The fourth-order valence-corrected chi connectivity index (χ4v) is 9.18. The van der Waals surface area contributed by atoms with Crippen molar-refractivity contribution in [1.82, 2.24) is 0 Å². The van der Waals surface area contributed by atoms with Crippen LogP contribution in [0.4, 0.5) is 0 Å². The monoisotopic (exact) mass is 424 g/mol. The average molecular weight is 425 g/mol. The van der Waals surface area contributed by atoms with Gasteiger partial charge < -0.3 is 0 Å². The van der Waals surface area contributed by atoms with Crippen LogP contribution in [0, 0.1) is 52.3 Å². The van der Waals surface area contributed by atoms with Gasteiger partial charge in [-0.2, -0.15) is 0 Å². The van der Waals surface area contributed by atoms with E-state index < -0.39 is 0 Å². The van der Waals surface area contributed by atoms with Gasteiger partial charge in [0.05, 0.1) is 0 Å². The molecule has 1 nitrogen and oxygen atoms in total. The van der Waals surface area contributed by atoms with Gasteiger partial charge in [-0.05, 0) is 103 Å². The quantitative estimate of drug-likeness (QED) is 0.375. The Morgan fingerprint density at radius 2 is 1.87 bits per heavy atom. The third kappa shape index (κ3) is 4.02. The van der Waals surface area contributed by atoms with Crippen molar-refractivity contribution in [3.8, 4) is 0 Å². The Morgan fingerprint density at radius 3 is 2.58 bits per heavy atom. The molecule has 3 fully saturated rings. The number of allylic oxidation sites excluding steroid dienone is 2. The van der Waals surface area contributed by atoms with Crippen LogP contribution >= 0.6 is 0 Å². The molecule has 0 spiro atoms. The van der Waals surface area contributed by atoms with Crippen LogP contribution in [-0.2, 0) is 4.79 Å². The Balaban J connectivity index is 1.58. The summed E-state index contributed by atoms with van der Waals surface area (Å²) >= 11 is 0. The summed E-state index contributed by atoms with van der Waals surface area (Å²) in [5.41, 5.74) is 2.30. The molecule has 1 heteroatoms. The van der Waals surface area contributed by atoms with Crippen LogP contribution in [0.5, 0.6) is 0 Å². The van der Waals surface area contributed by atoms with Crippen molar-refractivity contribution < 1.29 is 4.79 Å². The Morgan fingerprint density at radius 1 is 1.10 bits per heavy atom. The van der Waals surface area contributed by atoms with E-state index in [2.05, 4.69) is 53.3 Å². The first-order chi connectivity index (χ1) is 14.7. The third-order valence-electron chi connectivity index (χ3n) is 10.8. The lowest BCUT2D eigenvalue weighted by Gasteiger charge is -2.61. The van der Waals surface area contributed by atoms with Crippen LogP contribution in [0.3, 0.4) is 0 Å². The van der Waals surface area contributed by atoms with Crippen molar-refractivity contribution in [2.75, 3.05) is 0 Å². The molecule has 4 aliphatic carbocycles. The van der Waals surface area contributed by atoms with Gasteiger partial charge in [0.1, 0.15) is 0 Å². The second kappa shape index (κ2) is 8.83. The van der Waals surface area contributed by atoms with Crippen LogP contribution in [0.25, 0.3) is 0 Å². The van der Waals surface area contributed by atoms with Crippen molar-refractivity contribution in [3.63, 3.8) is 0 Å². The van der Waals surface area contributed by atoms with Crippen molar-refractivity contribution >= 4 is 5.78 Å². The Bertz CT molecular complexity index is 716.